The second kappa shape index (κ2) is 5.84. The van der Waals surface area contributed by atoms with E-state index in [1.54, 1.807) is 6.92 Å². The predicted molar refractivity (Wildman–Crippen MR) is 64.1 cm³/mol. The fraction of sp³-hybridized carbons (Fsp3) is 0.545. The molecule has 0 radical (unpaired) electrons. The van der Waals surface area contributed by atoms with E-state index in [0.717, 1.165) is 18.6 Å². The second-order valence-electron chi connectivity index (χ2n) is 3.41. The third kappa shape index (κ3) is 2.95. The van der Waals surface area contributed by atoms with Gasteiger partial charge in [0.2, 0.25) is 0 Å². The molecule has 0 fully saturated rings. The second-order valence-corrected chi connectivity index (χ2v) is 4.50. The summed E-state index contributed by atoms with van der Waals surface area (Å²) >= 11 is 1.49. The van der Waals surface area contributed by atoms with Crippen LogP contribution in [0.15, 0.2) is 5.03 Å². The molecule has 0 bridgehead atoms. The molecular weight excluding hydrogens is 224 g/mol. The van der Waals surface area contributed by atoms with Crippen LogP contribution >= 0.6 is 11.8 Å². The number of hydrogen-bond acceptors (Lipinski definition) is 4. The number of carbonyl (C=O) groups is 1. The molecule has 0 atom stereocenters. The van der Waals surface area contributed by atoms with Gasteiger partial charge in [-0.15, -0.1) is 11.8 Å². The highest BCUT2D eigenvalue weighted by Gasteiger charge is 2.17. The Hall–Kier alpha value is -1.10. The number of thioether (sulfide) groups is 1. The lowest BCUT2D eigenvalue weighted by atomic mass is 10.2. The molecule has 0 amide bonds. The number of hydrogen-bond donors (Lipinski definition) is 1. The van der Waals surface area contributed by atoms with E-state index < -0.39 is 5.97 Å². The van der Waals surface area contributed by atoms with Crippen molar-refractivity contribution >= 4 is 17.7 Å². The lowest BCUT2D eigenvalue weighted by Gasteiger charge is -2.08. The first kappa shape index (κ1) is 13.0. The number of rotatable bonds is 5. The van der Waals surface area contributed by atoms with E-state index in [1.807, 2.05) is 6.92 Å². The Bertz CT molecular complexity index is 394. The van der Waals surface area contributed by atoms with Gasteiger partial charge in [-0.2, -0.15) is 0 Å². The third-order valence-corrected chi connectivity index (χ3v) is 3.26. The molecule has 1 aromatic heterocycles. The highest BCUT2D eigenvalue weighted by Crippen LogP contribution is 2.23. The third-order valence-electron chi connectivity index (χ3n) is 2.08. The van der Waals surface area contributed by atoms with Crippen molar-refractivity contribution in [1.82, 2.24) is 9.97 Å². The van der Waals surface area contributed by atoms with Gasteiger partial charge in [0.25, 0.3) is 0 Å². The molecule has 0 saturated carbocycles. The summed E-state index contributed by atoms with van der Waals surface area (Å²) in [5, 5.41) is 9.71. The van der Waals surface area contributed by atoms with Crippen LogP contribution in [-0.2, 0) is 6.42 Å². The van der Waals surface area contributed by atoms with Gasteiger partial charge >= 0.3 is 5.97 Å². The highest BCUT2D eigenvalue weighted by molar-refractivity contribution is 7.99. The van der Waals surface area contributed by atoms with Crippen molar-refractivity contribution in [2.24, 2.45) is 0 Å². The van der Waals surface area contributed by atoms with Crippen LogP contribution in [-0.4, -0.2) is 26.8 Å². The fourth-order valence-electron chi connectivity index (χ4n) is 1.31. The zero-order valence-electron chi connectivity index (χ0n) is 9.78. The summed E-state index contributed by atoms with van der Waals surface area (Å²) in [7, 11) is 0. The minimum atomic E-state index is -0.946. The van der Waals surface area contributed by atoms with E-state index in [4.69, 9.17) is 5.11 Å². The average molecular weight is 240 g/mol. The minimum Gasteiger partial charge on any atom is -0.478 e. The Morgan fingerprint density at radius 2 is 2.06 bits per heavy atom. The van der Waals surface area contributed by atoms with Crippen molar-refractivity contribution in [3.05, 3.63) is 17.1 Å². The van der Waals surface area contributed by atoms with E-state index >= 15 is 0 Å². The zero-order chi connectivity index (χ0) is 12.1. The van der Waals surface area contributed by atoms with Gasteiger partial charge in [-0.05, 0) is 19.1 Å². The van der Waals surface area contributed by atoms with Crippen LogP contribution < -0.4 is 0 Å². The minimum absolute atomic E-state index is 0.246. The van der Waals surface area contributed by atoms with Gasteiger partial charge in [0.15, 0.2) is 0 Å². The molecule has 88 valence electrons. The molecule has 0 aromatic carbocycles. The molecule has 0 aliphatic rings. The molecule has 4 nitrogen and oxygen atoms in total. The fourth-order valence-corrected chi connectivity index (χ4v) is 2.26. The number of aromatic carboxylic acids is 1. The van der Waals surface area contributed by atoms with E-state index in [1.165, 1.54) is 11.8 Å². The zero-order valence-corrected chi connectivity index (χ0v) is 10.6. The summed E-state index contributed by atoms with van der Waals surface area (Å²) < 4.78 is 0. The molecule has 16 heavy (non-hydrogen) atoms. The van der Waals surface area contributed by atoms with Gasteiger partial charge in [0, 0.05) is 6.42 Å². The van der Waals surface area contributed by atoms with Crippen molar-refractivity contribution in [1.29, 1.82) is 0 Å². The first-order valence-corrected chi connectivity index (χ1v) is 6.32. The molecule has 5 heteroatoms. The van der Waals surface area contributed by atoms with Crippen LogP contribution in [0.25, 0.3) is 0 Å². The van der Waals surface area contributed by atoms with Gasteiger partial charge in [-0.3, -0.25) is 0 Å². The molecule has 0 saturated heterocycles. The van der Waals surface area contributed by atoms with Crippen LogP contribution in [0.3, 0.4) is 0 Å². The van der Waals surface area contributed by atoms with Gasteiger partial charge < -0.3 is 5.11 Å². The highest BCUT2D eigenvalue weighted by atomic mass is 32.2. The number of aryl methyl sites for hydroxylation is 2. The van der Waals surface area contributed by atoms with Gasteiger partial charge in [0.1, 0.15) is 16.4 Å². The first-order valence-electron chi connectivity index (χ1n) is 5.33. The smallest absolute Gasteiger partial charge is 0.340 e. The summed E-state index contributed by atoms with van der Waals surface area (Å²) in [6.45, 7) is 5.74. The molecule has 1 N–H and O–H groups in total. The van der Waals surface area contributed by atoms with E-state index in [2.05, 4.69) is 16.9 Å². The van der Waals surface area contributed by atoms with Crippen molar-refractivity contribution in [2.45, 2.75) is 38.6 Å². The Balaban J connectivity index is 3.17. The Labute approximate surface area is 99.5 Å². The summed E-state index contributed by atoms with van der Waals surface area (Å²) in [6, 6.07) is 0. The lowest BCUT2D eigenvalue weighted by molar-refractivity contribution is 0.0690. The maximum Gasteiger partial charge on any atom is 0.340 e. The quantitative estimate of drug-likeness (QED) is 0.633. The topological polar surface area (TPSA) is 63.1 Å². The van der Waals surface area contributed by atoms with Gasteiger partial charge in [-0.25, -0.2) is 14.8 Å². The summed E-state index contributed by atoms with van der Waals surface area (Å²) in [4.78, 5) is 19.6. The summed E-state index contributed by atoms with van der Waals surface area (Å²) in [5.41, 5.74) is 0.800. The summed E-state index contributed by atoms with van der Waals surface area (Å²) in [5.74, 6) is 0.639. The SMILES string of the molecule is CCCSc1nc(CC)nc(C)c1C(=O)O. The average Bonchev–Trinajstić information content (AvgIpc) is 2.24. The van der Waals surface area contributed by atoms with E-state index in [9.17, 15) is 4.79 Å². The molecular formula is C11H16N2O2S. The molecule has 0 aliphatic carbocycles. The summed E-state index contributed by atoms with van der Waals surface area (Å²) in [6.07, 6.45) is 1.72. The Kier molecular flexibility index (Phi) is 4.73. The van der Waals surface area contributed by atoms with Crippen LogP contribution in [0, 0.1) is 6.92 Å². The van der Waals surface area contributed by atoms with Crippen LogP contribution in [0.2, 0.25) is 0 Å². The number of carboxylic acid groups (broad SMARTS) is 1. The molecule has 1 aromatic rings. The van der Waals surface area contributed by atoms with Crippen LogP contribution in [0.1, 0.15) is 42.1 Å². The van der Waals surface area contributed by atoms with Crippen molar-refractivity contribution in [3.63, 3.8) is 0 Å². The monoisotopic (exact) mass is 240 g/mol. The Morgan fingerprint density at radius 1 is 1.38 bits per heavy atom. The van der Waals surface area contributed by atoms with Crippen molar-refractivity contribution in [3.8, 4) is 0 Å². The van der Waals surface area contributed by atoms with Gasteiger partial charge in [-0.1, -0.05) is 13.8 Å². The van der Waals surface area contributed by atoms with Crippen LogP contribution in [0.4, 0.5) is 0 Å². The normalized spacial score (nSPS) is 10.4. The van der Waals surface area contributed by atoms with Gasteiger partial charge in [0.05, 0.1) is 5.69 Å². The van der Waals surface area contributed by atoms with E-state index in [0.29, 0.717) is 16.5 Å². The maximum atomic E-state index is 11.1. The lowest BCUT2D eigenvalue weighted by Crippen LogP contribution is -2.09. The van der Waals surface area contributed by atoms with Crippen LogP contribution in [0.5, 0.6) is 0 Å². The molecule has 1 heterocycles. The molecule has 0 spiro atoms. The molecule has 0 unspecified atom stereocenters. The number of nitrogens with zero attached hydrogens (tertiary/aromatic N) is 2. The van der Waals surface area contributed by atoms with E-state index in [-0.39, 0.29) is 5.56 Å². The molecule has 0 aliphatic heterocycles. The van der Waals surface area contributed by atoms with Crippen molar-refractivity contribution < 1.29 is 9.90 Å². The first-order chi connectivity index (χ1) is 7.60. The largest absolute Gasteiger partial charge is 0.478 e. The van der Waals surface area contributed by atoms with Crippen molar-refractivity contribution in [2.75, 3.05) is 5.75 Å². The standard InChI is InChI=1S/C11H16N2O2S/c1-4-6-16-10-9(11(14)15)7(3)12-8(5-2)13-10/h4-6H2,1-3H3,(H,14,15). The predicted octanol–water partition coefficient (Wildman–Crippen LogP) is 2.55. The Morgan fingerprint density at radius 3 is 2.56 bits per heavy atom. The number of aromatic nitrogens is 2. The maximum absolute atomic E-state index is 11.1. The number of carboxylic acids is 1. The molecule has 1 rings (SSSR count).